The molecule has 1 aliphatic rings. The van der Waals surface area contributed by atoms with Gasteiger partial charge in [-0.1, -0.05) is 6.07 Å². The molecule has 0 radical (unpaired) electrons. The maximum Gasteiger partial charge on any atom is 0.254 e. The van der Waals surface area contributed by atoms with Gasteiger partial charge in [-0.25, -0.2) is 8.42 Å². The van der Waals surface area contributed by atoms with Crippen LogP contribution in [0.1, 0.15) is 34.8 Å². The van der Waals surface area contributed by atoms with Gasteiger partial charge in [0.15, 0.2) is 9.84 Å². The SMILES string of the molecule is CCN(C(=O)c1cc(N)c(C)cc1C)C1CCS(=O)(=O)C1. The second-order valence-electron chi connectivity index (χ2n) is 5.67. The fourth-order valence-corrected chi connectivity index (χ4v) is 4.57. The molecule has 1 fully saturated rings. The smallest absolute Gasteiger partial charge is 0.254 e. The molecule has 1 aromatic rings. The van der Waals surface area contributed by atoms with Crippen LogP contribution in [0.2, 0.25) is 0 Å². The zero-order valence-corrected chi connectivity index (χ0v) is 13.5. The Bertz CT molecular complexity index is 668. The number of benzene rings is 1. The Kier molecular flexibility index (Phi) is 4.27. The largest absolute Gasteiger partial charge is 0.398 e. The van der Waals surface area contributed by atoms with E-state index in [0.717, 1.165) is 11.1 Å². The number of hydrogen-bond acceptors (Lipinski definition) is 4. The number of rotatable bonds is 3. The van der Waals surface area contributed by atoms with Crippen molar-refractivity contribution < 1.29 is 13.2 Å². The lowest BCUT2D eigenvalue weighted by Gasteiger charge is -2.27. The average molecular weight is 310 g/mol. The van der Waals surface area contributed by atoms with Gasteiger partial charge in [0.1, 0.15) is 0 Å². The Morgan fingerprint density at radius 3 is 2.52 bits per heavy atom. The number of carbonyl (C=O) groups is 1. The van der Waals surface area contributed by atoms with Gasteiger partial charge in [0.05, 0.1) is 11.5 Å². The molecule has 1 unspecified atom stereocenters. The lowest BCUT2D eigenvalue weighted by atomic mass is 10.0. The minimum atomic E-state index is -3.01. The van der Waals surface area contributed by atoms with Gasteiger partial charge in [-0.3, -0.25) is 4.79 Å². The van der Waals surface area contributed by atoms with Crippen LogP contribution in [0.3, 0.4) is 0 Å². The summed E-state index contributed by atoms with van der Waals surface area (Å²) >= 11 is 0. The number of aryl methyl sites for hydroxylation is 2. The number of nitrogens with two attached hydrogens (primary N) is 1. The third-order valence-electron chi connectivity index (χ3n) is 4.09. The van der Waals surface area contributed by atoms with Gasteiger partial charge < -0.3 is 10.6 Å². The molecule has 1 aromatic carbocycles. The third-order valence-corrected chi connectivity index (χ3v) is 5.84. The third kappa shape index (κ3) is 3.20. The van der Waals surface area contributed by atoms with Gasteiger partial charge in [-0.15, -0.1) is 0 Å². The van der Waals surface area contributed by atoms with Crippen molar-refractivity contribution in [3.8, 4) is 0 Å². The molecule has 2 N–H and O–H groups in total. The molecule has 1 heterocycles. The zero-order valence-electron chi connectivity index (χ0n) is 12.7. The summed E-state index contributed by atoms with van der Waals surface area (Å²) < 4.78 is 23.3. The zero-order chi connectivity index (χ0) is 15.8. The van der Waals surface area contributed by atoms with E-state index >= 15 is 0 Å². The highest BCUT2D eigenvalue weighted by atomic mass is 32.2. The van der Waals surface area contributed by atoms with Crippen molar-refractivity contribution >= 4 is 21.4 Å². The minimum absolute atomic E-state index is 0.0625. The van der Waals surface area contributed by atoms with Gasteiger partial charge in [-0.2, -0.15) is 0 Å². The maximum absolute atomic E-state index is 12.7. The summed E-state index contributed by atoms with van der Waals surface area (Å²) in [6.45, 7) is 6.14. The molecule has 0 aromatic heterocycles. The second-order valence-corrected chi connectivity index (χ2v) is 7.90. The Morgan fingerprint density at radius 2 is 2.00 bits per heavy atom. The highest BCUT2D eigenvalue weighted by Gasteiger charge is 2.34. The van der Waals surface area contributed by atoms with Crippen LogP contribution in [0, 0.1) is 13.8 Å². The van der Waals surface area contributed by atoms with E-state index < -0.39 is 9.84 Å². The molecule has 1 amide bonds. The fraction of sp³-hybridized carbons (Fsp3) is 0.533. The molecule has 1 atom stereocenters. The first kappa shape index (κ1) is 15.8. The van der Waals surface area contributed by atoms with Crippen molar-refractivity contribution in [2.24, 2.45) is 0 Å². The van der Waals surface area contributed by atoms with Gasteiger partial charge in [-0.05, 0) is 44.4 Å². The normalized spacial score (nSPS) is 20.4. The summed E-state index contributed by atoms with van der Waals surface area (Å²) in [5, 5.41) is 0. The summed E-state index contributed by atoms with van der Waals surface area (Å²) in [6.07, 6.45) is 0.516. The summed E-state index contributed by atoms with van der Waals surface area (Å²) in [5.74, 6) is 0.0903. The van der Waals surface area contributed by atoms with Crippen LogP contribution in [0.4, 0.5) is 5.69 Å². The van der Waals surface area contributed by atoms with Gasteiger partial charge in [0.25, 0.3) is 5.91 Å². The summed E-state index contributed by atoms with van der Waals surface area (Å²) in [7, 11) is -3.01. The molecular weight excluding hydrogens is 288 g/mol. The van der Waals surface area contributed by atoms with E-state index in [-0.39, 0.29) is 23.5 Å². The van der Waals surface area contributed by atoms with Crippen LogP contribution in [-0.4, -0.2) is 43.3 Å². The van der Waals surface area contributed by atoms with E-state index in [9.17, 15) is 13.2 Å². The molecule has 0 spiro atoms. The van der Waals surface area contributed by atoms with E-state index in [1.54, 1.807) is 11.0 Å². The quantitative estimate of drug-likeness (QED) is 0.859. The number of amides is 1. The number of anilines is 1. The van der Waals surface area contributed by atoms with Crippen LogP contribution in [0.5, 0.6) is 0 Å². The molecular formula is C15H22N2O3S. The molecule has 0 aliphatic carbocycles. The molecule has 0 saturated carbocycles. The first-order valence-electron chi connectivity index (χ1n) is 7.13. The number of carbonyl (C=O) groups excluding carboxylic acids is 1. The van der Waals surface area contributed by atoms with Gasteiger partial charge in [0.2, 0.25) is 0 Å². The predicted molar refractivity (Wildman–Crippen MR) is 84.1 cm³/mol. The van der Waals surface area contributed by atoms with Crippen molar-refractivity contribution in [3.63, 3.8) is 0 Å². The summed E-state index contributed by atoms with van der Waals surface area (Å²) in [6, 6.07) is 3.36. The lowest BCUT2D eigenvalue weighted by Crippen LogP contribution is -2.41. The topological polar surface area (TPSA) is 80.5 Å². The van der Waals surface area contributed by atoms with E-state index in [4.69, 9.17) is 5.73 Å². The molecule has 2 rings (SSSR count). The van der Waals surface area contributed by atoms with Crippen molar-refractivity contribution in [2.45, 2.75) is 33.2 Å². The molecule has 1 saturated heterocycles. The fourth-order valence-electron chi connectivity index (χ4n) is 2.84. The monoisotopic (exact) mass is 310 g/mol. The van der Waals surface area contributed by atoms with Crippen molar-refractivity contribution in [2.75, 3.05) is 23.8 Å². The van der Waals surface area contributed by atoms with Gasteiger partial charge in [0, 0.05) is 23.8 Å². The number of nitrogens with zero attached hydrogens (tertiary/aromatic N) is 1. The molecule has 116 valence electrons. The molecule has 0 bridgehead atoms. The highest BCUT2D eigenvalue weighted by Crippen LogP contribution is 2.23. The van der Waals surface area contributed by atoms with Crippen LogP contribution in [-0.2, 0) is 9.84 Å². The highest BCUT2D eigenvalue weighted by molar-refractivity contribution is 7.91. The summed E-state index contributed by atoms with van der Waals surface area (Å²) in [5.41, 5.74) is 8.85. The van der Waals surface area contributed by atoms with Gasteiger partial charge >= 0.3 is 0 Å². The Hall–Kier alpha value is -1.56. The van der Waals surface area contributed by atoms with E-state index in [1.807, 2.05) is 26.8 Å². The number of hydrogen-bond donors (Lipinski definition) is 1. The average Bonchev–Trinajstić information content (AvgIpc) is 2.75. The van der Waals surface area contributed by atoms with Crippen molar-refractivity contribution in [3.05, 3.63) is 28.8 Å². The lowest BCUT2D eigenvalue weighted by molar-refractivity contribution is 0.0707. The second kappa shape index (κ2) is 5.67. The number of nitrogen functional groups attached to an aromatic ring is 1. The van der Waals surface area contributed by atoms with Crippen LogP contribution < -0.4 is 5.73 Å². The van der Waals surface area contributed by atoms with E-state index in [2.05, 4.69) is 0 Å². The van der Waals surface area contributed by atoms with Crippen LogP contribution >= 0.6 is 0 Å². The first-order valence-corrected chi connectivity index (χ1v) is 8.95. The van der Waals surface area contributed by atoms with E-state index in [0.29, 0.717) is 24.2 Å². The van der Waals surface area contributed by atoms with Crippen molar-refractivity contribution in [1.29, 1.82) is 0 Å². The Labute approximate surface area is 126 Å². The maximum atomic E-state index is 12.7. The van der Waals surface area contributed by atoms with E-state index in [1.165, 1.54) is 0 Å². The molecule has 21 heavy (non-hydrogen) atoms. The summed E-state index contributed by atoms with van der Waals surface area (Å²) in [4.78, 5) is 14.4. The minimum Gasteiger partial charge on any atom is -0.398 e. The Balaban J connectivity index is 2.31. The standard InChI is InChI=1S/C15H22N2O3S/c1-4-17(12-5-6-21(19,20)9-12)15(18)13-8-14(16)11(3)7-10(13)2/h7-8,12H,4-6,9,16H2,1-3H3. The molecule has 6 heteroatoms. The molecule has 1 aliphatic heterocycles. The van der Waals surface area contributed by atoms with Crippen LogP contribution in [0.15, 0.2) is 12.1 Å². The Morgan fingerprint density at radius 1 is 1.33 bits per heavy atom. The van der Waals surface area contributed by atoms with Crippen LogP contribution in [0.25, 0.3) is 0 Å². The van der Waals surface area contributed by atoms with Crippen molar-refractivity contribution in [1.82, 2.24) is 4.90 Å². The molecule has 5 nitrogen and oxygen atoms in total. The number of sulfone groups is 1. The predicted octanol–water partition coefficient (Wildman–Crippen LogP) is 1.53. The first-order chi connectivity index (χ1) is 9.75.